The van der Waals surface area contributed by atoms with E-state index >= 15 is 0 Å². The summed E-state index contributed by atoms with van der Waals surface area (Å²) in [5.41, 5.74) is 0.200. The number of rotatable bonds is 3. The Bertz CT molecular complexity index is 326. The summed E-state index contributed by atoms with van der Waals surface area (Å²) >= 11 is 0. The first kappa shape index (κ1) is 10.4. The second kappa shape index (κ2) is 4.55. The lowest BCUT2D eigenvalue weighted by molar-refractivity contribution is 0.0369. The van der Waals surface area contributed by atoms with Crippen molar-refractivity contribution in [3.8, 4) is 6.01 Å². The van der Waals surface area contributed by atoms with Crippen molar-refractivity contribution >= 4 is 5.97 Å². The van der Waals surface area contributed by atoms with Crippen molar-refractivity contribution in [2.45, 2.75) is 20.0 Å². The molecule has 1 heterocycles. The number of carbonyl (C=O) groups is 1. The van der Waals surface area contributed by atoms with Crippen LogP contribution in [-0.4, -0.2) is 29.2 Å². The molecule has 0 aliphatic carbocycles. The maximum absolute atomic E-state index is 11.4. The van der Waals surface area contributed by atoms with Crippen LogP contribution in [0.1, 0.15) is 24.3 Å². The summed E-state index contributed by atoms with van der Waals surface area (Å²) in [6.07, 6.45) is 1.28. The monoisotopic (exact) mass is 196 g/mol. The van der Waals surface area contributed by atoms with E-state index in [-0.39, 0.29) is 17.8 Å². The molecule has 0 bridgehead atoms. The molecule has 0 radical (unpaired) electrons. The Hall–Kier alpha value is -1.65. The highest BCUT2D eigenvalue weighted by atomic mass is 16.5. The van der Waals surface area contributed by atoms with E-state index in [1.54, 1.807) is 13.8 Å². The zero-order valence-electron chi connectivity index (χ0n) is 8.35. The first-order valence-electron chi connectivity index (χ1n) is 4.21. The van der Waals surface area contributed by atoms with Gasteiger partial charge in [0.15, 0.2) is 5.69 Å². The number of methoxy groups -OCH3 is 1. The van der Waals surface area contributed by atoms with Crippen LogP contribution in [0.2, 0.25) is 0 Å². The summed E-state index contributed by atoms with van der Waals surface area (Å²) in [4.78, 5) is 19.0. The average molecular weight is 196 g/mol. The van der Waals surface area contributed by atoms with Gasteiger partial charge in [0.2, 0.25) is 0 Å². The fourth-order valence-electron chi connectivity index (χ4n) is 0.827. The molecule has 0 aromatic carbocycles. The number of hydrogen-bond acceptors (Lipinski definition) is 5. The fourth-order valence-corrected chi connectivity index (χ4v) is 0.827. The Labute approximate surface area is 82.1 Å². The Morgan fingerprint density at radius 1 is 1.50 bits per heavy atom. The Morgan fingerprint density at radius 2 is 2.21 bits per heavy atom. The van der Waals surface area contributed by atoms with Gasteiger partial charge < -0.3 is 9.47 Å². The molecule has 5 nitrogen and oxygen atoms in total. The Morgan fingerprint density at radius 3 is 2.79 bits per heavy atom. The highest BCUT2D eigenvalue weighted by molar-refractivity contribution is 5.87. The topological polar surface area (TPSA) is 61.3 Å². The Balaban J connectivity index is 2.79. The standard InChI is InChI=1S/C9H12N2O3/c1-6(2)14-8(12)7-4-5-10-9(11-7)13-3/h4-6H,1-3H3. The number of aromatic nitrogens is 2. The quantitative estimate of drug-likeness (QED) is 0.676. The summed E-state index contributed by atoms with van der Waals surface area (Å²) in [7, 11) is 1.44. The number of hydrogen-bond donors (Lipinski definition) is 0. The van der Waals surface area contributed by atoms with Crippen molar-refractivity contribution in [2.75, 3.05) is 7.11 Å². The lowest BCUT2D eigenvalue weighted by Gasteiger charge is -2.07. The van der Waals surface area contributed by atoms with Crippen LogP contribution in [0.25, 0.3) is 0 Å². The highest BCUT2D eigenvalue weighted by Gasteiger charge is 2.11. The molecule has 1 aromatic heterocycles. The molecule has 5 heteroatoms. The van der Waals surface area contributed by atoms with E-state index in [2.05, 4.69) is 9.97 Å². The number of nitrogens with zero attached hydrogens (tertiary/aromatic N) is 2. The average Bonchev–Trinajstić information content (AvgIpc) is 2.17. The molecular formula is C9H12N2O3. The summed E-state index contributed by atoms with van der Waals surface area (Å²) < 4.78 is 9.73. The van der Waals surface area contributed by atoms with E-state index in [0.717, 1.165) is 0 Å². The van der Waals surface area contributed by atoms with Gasteiger partial charge in [-0.2, -0.15) is 4.98 Å². The predicted molar refractivity (Wildman–Crippen MR) is 49.1 cm³/mol. The highest BCUT2D eigenvalue weighted by Crippen LogP contribution is 2.04. The van der Waals surface area contributed by atoms with E-state index in [4.69, 9.17) is 9.47 Å². The first-order chi connectivity index (χ1) is 6.63. The minimum absolute atomic E-state index is 0.156. The first-order valence-corrected chi connectivity index (χ1v) is 4.21. The van der Waals surface area contributed by atoms with Crippen LogP contribution in [0.5, 0.6) is 6.01 Å². The van der Waals surface area contributed by atoms with Gasteiger partial charge in [-0.3, -0.25) is 0 Å². The molecule has 14 heavy (non-hydrogen) atoms. The van der Waals surface area contributed by atoms with Crippen LogP contribution in [-0.2, 0) is 4.74 Å². The third-order valence-corrected chi connectivity index (χ3v) is 1.37. The van der Waals surface area contributed by atoms with Crippen molar-refractivity contribution in [1.82, 2.24) is 9.97 Å². The van der Waals surface area contributed by atoms with E-state index < -0.39 is 5.97 Å². The number of ether oxygens (including phenoxy) is 2. The molecule has 76 valence electrons. The molecule has 0 aliphatic heterocycles. The fraction of sp³-hybridized carbons (Fsp3) is 0.444. The molecule has 0 saturated heterocycles. The SMILES string of the molecule is COc1nccc(C(=O)OC(C)C)n1. The molecule has 0 amide bonds. The molecule has 0 atom stereocenters. The van der Waals surface area contributed by atoms with Crippen LogP contribution in [0.15, 0.2) is 12.3 Å². The zero-order chi connectivity index (χ0) is 10.6. The summed E-state index contributed by atoms with van der Waals surface area (Å²) in [5, 5.41) is 0. The minimum Gasteiger partial charge on any atom is -0.467 e. The number of esters is 1. The van der Waals surface area contributed by atoms with Crippen LogP contribution in [0.3, 0.4) is 0 Å². The second-order valence-corrected chi connectivity index (χ2v) is 2.88. The van der Waals surface area contributed by atoms with E-state index in [1.807, 2.05) is 0 Å². The van der Waals surface area contributed by atoms with Gasteiger partial charge in [-0.1, -0.05) is 0 Å². The smallest absolute Gasteiger partial charge is 0.357 e. The molecule has 0 unspecified atom stereocenters. The van der Waals surface area contributed by atoms with Crippen LogP contribution in [0.4, 0.5) is 0 Å². The molecule has 1 rings (SSSR count). The zero-order valence-corrected chi connectivity index (χ0v) is 8.35. The largest absolute Gasteiger partial charge is 0.467 e. The normalized spacial score (nSPS) is 10.0. The van der Waals surface area contributed by atoms with Crippen molar-refractivity contribution in [3.05, 3.63) is 18.0 Å². The van der Waals surface area contributed by atoms with Gasteiger partial charge in [-0.15, -0.1) is 0 Å². The van der Waals surface area contributed by atoms with Crippen LogP contribution in [0, 0.1) is 0 Å². The van der Waals surface area contributed by atoms with E-state index in [0.29, 0.717) is 0 Å². The van der Waals surface area contributed by atoms with Gasteiger partial charge in [0.25, 0.3) is 0 Å². The van der Waals surface area contributed by atoms with E-state index in [9.17, 15) is 4.79 Å². The summed E-state index contributed by atoms with van der Waals surface area (Å²) in [6.45, 7) is 3.55. The molecule has 0 aliphatic rings. The van der Waals surface area contributed by atoms with Gasteiger partial charge >= 0.3 is 12.0 Å². The van der Waals surface area contributed by atoms with Gasteiger partial charge in [-0.25, -0.2) is 9.78 Å². The van der Waals surface area contributed by atoms with Gasteiger partial charge in [0.1, 0.15) is 0 Å². The van der Waals surface area contributed by atoms with Crippen LogP contribution >= 0.6 is 0 Å². The van der Waals surface area contributed by atoms with Crippen molar-refractivity contribution in [1.29, 1.82) is 0 Å². The third kappa shape index (κ3) is 2.69. The molecule has 0 spiro atoms. The lowest BCUT2D eigenvalue weighted by atomic mass is 10.4. The van der Waals surface area contributed by atoms with Crippen molar-refractivity contribution in [3.63, 3.8) is 0 Å². The number of carbonyl (C=O) groups excluding carboxylic acids is 1. The van der Waals surface area contributed by atoms with E-state index in [1.165, 1.54) is 19.4 Å². The molecule has 1 aromatic rings. The molecule has 0 N–H and O–H groups in total. The van der Waals surface area contributed by atoms with Crippen molar-refractivity contribution in [2.24, 2.45) is 0 Å². The predicted octanol–water partition coefficient (Wildman–Crippen LogP) is 1.05. The minimum atomic E-state index is -0.472. The maximum Gasteiger partial charge on any atom is 0.357 e. The van der Waals surface area contributed by atoms with Gasteiger partial charge in [0.05, 0.1) is 13.2 Å². The summed E-state index contributed by atoms with van der Waals surface area (Å²) in [5.74, 6) is -0.472. The lowest BCUT2D eigenvalue weighted by Crippen LogP contribution is -2.13. The third-order valence-electron chi connectivity index (χ3n) is 1.37. The Kier molecular flexibility index (Phi) is 3.39. The van der Waals surface area contributed by atoms with Crippen molar-refractivity contribution < 1.29 is 14.3 Å². The molecular weight excluding hydrogens is 184 g/mol. The molecule has 0 saturated carbocycles. The van der Waals surface area contributed by atoms with Gasteiger partial charge in [0, 0.05) is 6.20 Å². The van der Waals surface area contributed by atoms with Gasteiger partial charge in [-0.05, 0) is 19.9 Å². The summed E-state index contributed by atoms with van der Waals surface area (Å²) in [6, 6.07) is 1.64. The van der Waals surface area contributed by atoms with Crippen LogP contribution < -0.4 is 4.74 Å². The maximum atomic E-state index is 11.4. The second-order valence-electron chi connectivity index (χ2n) is 2.88. The molecule has 0 fully saturated rings.